The lowest BCUT2D eigenvalue weighted by atomic mass is 9.95. The van der Waals surface area contributed by atoms with Crippen molar-refractivity contribution in [3.8, 4) is 5.75 Å². The summed E-state index contributed by atoms with van der Waals surface area (Å²) < 4.78 is 19.2. The lowest BCUT2D eigenvalue weighted by Crippen LogP contribution is -2.44. The average Bonchev–Trinajstić information content (AvgIpc) is 2.63. The average molecular weight is 519 g/mol. The Kier molecular flexibility index (Phi) is 10.7. The standard InChI is InChI=1S/C23H39IO3Si/c1-9-20(27-28(7,8)23(3,4)5)16-18(2)22(14-15-24)26-17-19-10-12-21(25-6)13-11-19/h9-13,18,20,22H,1,14-17H2,2-8H3/t18-,20?,22-/m0/s1. The number of halogens is 1. The molecule has 0 N–H and O–H groups in total. The summed E-state index contributed by atoms with van der Waals surface area (Å²) in [4.78, 5) is 0. The fourth-order valence-corrected chi connectivity index (χ4v) is 4.75. The van der Waals surface area contributed by atoms with E-state index in [-0.39, 0.29) is 17.2 Å². The Morgan fingerprint density at radius 2 is 1.79 bits per heavy atom. The number of methoxy groups -OCH3 is 1. The first-order valence-corrected chi connectivity index (χ1v) is 14.6. The van der Waals surface area contributed by atoms with Gasteiger partial charge in [-0.25, -0.2) is 0 Å². The van der Waals surface area contributed by atoms with Gasteiger partial charge in [0.15, 0.2) is 8.32 Å². The van der Waals surface area contributed by atoms with E-state index in [9.17, 15) is 0 Å². The quantitative estimate of drug-likeness (QED) is 0.129. The molecule has 160 valence electrons. The molecule has 0 bridgehead atoms. The van der Waals surface area contributed by atoms with Crippen LogP contribution < -0.4 is 4.74 Å². The number of ether oxygens (including phenoxy) is 2. The smallest absolute Gasteiger partial charge is 0.192 e. The Labute approximate surface area is 187 Å². The molecule has 0 heterocycles. The first-order valence-electron chi connectivity index (χ1n) is 10.1. The molecule has 0 radical (unpaired) electrons. The highest BCUT2D eigenvalue weighted by Gasteiger charge is 2.39. The van der Waals surface area contributed by atoms with Crippen molar-refractivity contribution in [3.05, 3.63) is 42.5 Å². The highest BCUT2D eigenvalue weighted by Crippen LogP contribution is 2.38. The molecule has 3 nitrogen and oxygen atoms in total. The number of hydrogen-bond donors (Lipinski definition) is 0. The molecule has 3 atom stereocenters. The normalized spacial score (nSPS) is 15.7. The molecule has 0 aliphatic rings. The van der Waals surface area contributed by atoms with Crippen LogP contribution in [-0.4, -0.2) is 32.1 Å². The summed E-state index contributed by atoms with van der Waals surface area (Å²) in [5, 5.41) is 0.198. The van der Waals surface area contributed by atoms with E-state index in [0.29, 0.717) is 12.5 Å². The van der Waals surface area contributed by atoms with Gasteiger partial charge in [0.05, 0.1) is 25.9 Å². The van der Waals surface area contributed by atoms with Gasteiger partial charge in [-0.1, -0.05) is 68.5 Å². The van der Waals surface area contributed by atoms with E-state index in [4.69, 9.17) is 13.9 Å². The Hall–Kier alpha value is -0.373. The first-order chi connectivity index (χ1) is 13.0. The third-order valence-electron chi connectivity index (χ3n) is 5.77. The molecule has 1 aromatic carbocycles. The number of rotatable bonds is 12. The minimum atomic E-state index is -1.81. The van der Waals surface area contributed by atoms with Crippen molar-refractivity contribution in [1.29, 1.82) is 0 Å². The van der Waals surface area contributed by atoms with Crippen molar-refractivity contribution in [2.24, 2.45) is 5.92 Å². The summed E-state index contributed by atoms with van der Waals surface area (Å²) in [5.74, 6) is 1.28. The number of benzene rings is 1. The Morgan fingerprint density at radius 1 is 1.18 bits per heavy atom. The molecule has 1 aromatic rings. The molecule has 1 unspecified atom stereocenters. The maximum absolute atomic E-state index is 6.59. The van der Waals surface area contributed by atoms with Crippen molar-refractivity contribution < 1.29 is 13.9 Å². The maximum atomic E-state index is 6.59. The topological polar surface area (TPSA) is 27.7 Å². The summed E-state index contributed by atoms with van der Waals surface area (Å²) in [5.41, 5.74) is 1.17. The van der Waals surface area contributed by atoms with E-state index in [0.717, 1.165) is 23.0 Å². The van der Waals surface area contributed by atoms with Gasteiger partial charge < -0.3 is 13.9 Å². The van der Waals surface area contributed by atoms with Gasteiger partial charge in [-0.05, 0) is 54.6 Å². The summed E-state index contributed by atoms with van der Waals surface area (Å²) in [7, 11) is -0.129. The molecule has 0 aliphatic carbocycles. The predicted octanol–water partition coefficient (Wildman–Crippen LogP) is 7.01. The second-order valence-electron chi connectivity index (χ2n) is 9.04. The lowest BCUT2D eigenvalue weighted by molar-refractivity contribution is -0.00549. The van der Waals surface area contributed by atoms with E-state index in [2.05, 4.69) is 82.1 Å². The van der Waals surface area contributed by atoms with Gasteiger partial charge >= 0.3 is 0 Å². The van der Waals surface area contributed by atoms with Gasteiger partial charge in [0.1, 0.15) is 5.75 Å². The van der Waals surface area contributed by atoms with Crippen LogP contribution in [-0.2, 0) is 15.8 Å². The molecule has 0 saturated carbocycles. The molecule has 0 amide bonds. The predicted molar refractivity (Wildman–Crippen MR) is 131 cm³/mol. The second kappa shape index (κ2) is 11.7. The van der Waals surface area contributed by atoms with Crippen LogP contribution in [0.15, 0.2) is 36.9 Å². The SMILES string of the molecule is C=CC(C[C@H](C)[C@H](CCI)OCc1ccc(OC)cc1)O[Si](C)(C)C(C)(C)C. The highest BCUT2D eigenvalue weighted by molar-refractivity contribution is 14.1. The molecule has 0 aromatic heterocycles. The van der Waals surface area contributed by atoms with Gasteiger partial charge in [-0.15, -0.1) is 6.58 Å². The third kappa shape index (κ3) is 8.17. The van der Waals surface area contributed by atoms with Crippen LogP contribution in [0, 0.1) is 5.92 Å². The van der Waals surface area contributed by atoms with E-state index < -0.39 is 8.32 Å². The summed E-state index contributed by atoms with van der Waals surface area (Å²) >= 11 is 2.43. The van der Waals surface area contributed by atoms with Crippen molar-refractivity contribution in [2.45, 2.75) is 77.5 Å². The molecule has 0 aliphatic heterocycles. The van der Waals surface area contributed by atoms with Gasteiger partial charge in [0, 0.05) is 4.43 Å². The van der Waals surface area contributed by atoms with Gasteiger partial charge in [0.2, 0.25) is 0 Å². The summed E-state index contributed by atoms with van der Waals surface area (Å²) in [6.07, 6.45) is 4.25. The summed E-state index contributed by atoms with van der Waals surface area (Å²) in [6, 6.07) is 8.10. The zero-order valence-electron chi connectivity index (χ0n) is 18.8. The first kappa shape index (κ1) is 25.7. The van der Waals surface area contributed by atoms with Gasteiger partial charge in [-0.2, -0.15) is 0 Å². The van der Waals surface area contributed by atoms with E-state index in [1.807, 2.05) is 18.2 Å². The van der Waals surface area contributed by atoms with Crippen molar-refractivity contribution in [2.75, 3.05) is 11.5 Å². The minimum Gasteiger partial charge on any atom is -0.497 e. The van der Waals surface area contributed by atoms with Crippen molar-refractivity contribution in [1.82, 2.24) is 0 Å². The van der Waals surface area contributed by atoms with Crippen LogP contribution in [0.25, 0.3) is 0 Å². The Balaban J connectivity index is 2.70. The van der Waals surface area contributed by atoms with Gasteiger partial charge in [-0.3, -0.25) is 0 Å². The van der Waals surface area contributed by atoms with Crippen molar-refractivity contribution >= 4 is 30.9 Å². The van der Waals surface area contributed by atoms with Crippen LogP contribution in [0.2, 0.25) is 18.1 Å². The summed E-state index contributed by atoms with van der Waals surface area (Å²) in [6.45, 7) is 18.4. The lowest BCUT2D eigenvalue weighted by Gasteiger charge is -2.39. The molecule has 1 rings (SSSR count). The van der Waals surface area contributed by atoms with Crippen LogP contribution in [0.3, 0.4) is 0 Å². The van der Waals surface area contributed by atoms with E-state index in [1.54, 1.807) is 7.11 Å². The molecule has 5 heteroatoms. The monoisotopic (exact) mass is 518 g/mol. The molecule has 0 saturated heterocycles. The highest BCUT2D eigenvalue weighted by atomic mass is 127. The zero-order chi connectivity index (χ0) is 21.4. The van der Waals surface area contributed by atoms with Crippen LogP contribution in [0.1, 0.15) is 46.1 Å². The van der Waals surface area contributed by atoms with E-state index >= 15 is 0 Å². The zero-order valence-corrected chi connectivity index (χ0v) is 21.9. The Morgan fingerprint density at radius 3 is 2.25 bits per heavy atom. The van der Waals surface area contributed by atoms with Crippen LogP contribution in [0.5, 0.6) is 5.75 Å². The second-order valence-corrected chi connectivity index (χ2v) is 14.9. The number of hydrogen-bond acceptors (Lipinski definition) is 3. The van der Waals surface area contributed by atoms with Gasteiger partial charge in [0.25, 0.3) is 0 Å². The van der Waals surface area contributed by atoms with Crippen molar-refractivity contribution in [3.63, 3.8) is 0 Å². The molecular weight excluding hydrogens is 479 g/mol. The fraction of sp³-hybridized carbons (Fsp3) is 0.652. The molecule has 28 heavy (non-hydrogen) atoms. The third-order valence-corrected chi connectivity index (χ3v) is 10.9. The van der Waals surface area contributed by atoms with Crippen LogP contribution >= 0.6 is 22.6 Å². The number of alkyl halides is 1. The minimum absolute atomic E-state index is 0.0807. The maximum Gasteiger partial charge on any atom is 0.192 e. The van der Waals surface area contributed by atoms with Crippen LogP contribution in [0.4, 0.5) is 0 Å². The largest absolute Gasteiger partial charge is 0.497 e. The Bertz CT molecular complexity index is 581. The van der Waals surface area contributed by atoms with E-state index in [1.165, 1.54) is 5.56 Å². The fourth-order valence-electron chi connectivity index (χ4n) is 2.83. The molecular formula is C23H39IO3Si. The molecule has 0 fully saturated rings. The molecule has 0 spiro atoms.